The number of carbonyl (C=O) groups excluding carboxylic acids is 2. The van der Waals surface area contributed by atoms with Crippen LogP contribution in [0.3, 0.4) is 0 Å². The first-order valence-electron chi connectivity index (χ1n) is 4.01. The third-order valence-electron chi connectivity index (χ3n) is 1.88. The summed E-state index contributed by atoms with van der Waals surface area (Å²) >= 11 is 0. The van der Waals surface area contributed by atoms with Gasteiger partial charge in [-0.3, -0.25) is 9.59 Å². The molecule has 1 rings (SSSR count). The van der Waals surface area contributed by atoms with Gasteiger partial charge in [0.15, 0.2) is 5.78 Å². The lowest BCUT2D eigenvalue weighted by Gasteiger charge is -2.04. The van der Waals surface area contributed by atoms with E-state index in [9.17, 15) is 9.59 Å². The molecule has 3 nitrogen and oxygen atoms in total. The van der Waals surface area contributed by atoms with E-state index in [1.54, 1.807) is 24.3 Å². The van der Waals surface area contributed by atoms with E-state index in [2.05, 4.69) is 0 Å². The molecule has 1 amide bonds. The first kappa shape index (κ1) is 9.45. The second-order valence-electron chi connectivity index (χ2n) is 2.85. The van der Waals surface area contributed by atoms with E-state index in [-0.39, 0.29) is 5.78 Å². The van der Waals surface area contributed by atoms with Crippen molar-refractivity contribution in [1.29, 1.82) is 0 Å². The predicted octanol–water partition coefficient (Wildman–Crippen LogP) is 0.991. The number of rotatable bonds is 3. The number of Topliss-reactive ketones (excluding diaryl/α,β-unsaturated/α-hetero) is 1. The fraction of sp³-hybridized carbons (Fsp3) is 0.200. The maximum Gasteiger partial charge on any atom is 0.228 e. The zero-order chi connectivity index (χ0) is 9.84. The molecule has 1 aromatic carbocycles. The number of ketones is 1. The molecule has 0 spiro atoms. The molecule has 0 aromatic heterocycles. The van der Waals surface area contributed by atoms with E-state index >= 15 is 0 Å². The van der Waals surface area contributed by atoms with Gasteiger partial charge >= 0.3 is 0 Å². The molecule has 0 aliphatic heterocycles. The predicted molar refractivity (Wildman–Crippen MR) is 49.1 cm³/mol. The number of hydrogen-bond donors (Lipinski definition) is 1. The number of amides is 1. The second kappa shape index (κ2) is 3.85. The zero-order valence-corrected chi connectivity index (χ0v) is 7.36. The van der Waals surface area contributed by atoms with Gasteiger partial charge in [-0.2, -0.15) is 0 Å². The lowest BCUT2D eigenvalue weighted by atomic mass is 9.99. The minimum absolute atomic E-state index is 0.229. The van der Waals surface area contributed by atoms with Gasteiger partial charge in [-0.15, -0.1) is 0 Å². The molecule has 0 heterocycles. The van der Waals surface area contributed by atoms with E-state index in [1.807, 2.05) is 6.07 Å². The lowest BCUT2D eigenvalue weighted by molar-refractivity contribution is -0.119. The summed E-state index contributed by atoms with van der Waals surface area (Å²) in [4.78, 5) is 22.2. The minimum Gasteiger partial charge on any atom is -0.369 e. The summed E-state index contributed by atoms with van der Waals surface area (Å²) in [6.45, 7) is 1.51. The highest BCUT2D eigenvalue weighted by Gasteiger charge is 2.19. The molecular formula is C10H11NO2. The maximum atomic E-state index is 11.5. The van der Waals surface area contributed by atoms with Crippen molar-refractivity contribution >= 4 is 11.7 Å². The van der Waals surface area contributed by atoms with E-state index < -0.39 is 11.8 Å². The Balaban J connectivity index is 2.86. The third-order valence-corrected chi connectivity index (χ3v) is 1.88. The van der Waals surface area contributed by atoms with Crippen molar-refractivity contribution in [3.05, 3.63) is 35.9 Å². The standard InChI is InChI=1S/C10H11NO2/c1-7(10(11)13)9(12)8-5-3-2-4-6-8/h2-7H,1H3,(H2,11,13)/t7-/m1/s1. The minimum atomic E-state index is -0.748. The van der Waals surface area contributed by atoms with Crippen molar-refractivity contribution < 1.29 is 9.59 Å². The lowest BCUT2D eigenvalue weighted by Crippen LogP contribution is -2.27. The number of hydrogen-bond acceptors (Lipinski definition) is 2. The van der Waals surface area contributed by atoms with Gasteiger partial charge in [-0.05, 0) is 6.92 Å². The van der Waals surface area contributed by atoms with Crippen LogP contribution in [0.1, 0.15) is 17.3 Å². The molecule has 0 radical (unpaired) electrons. The molecule has 0 saturated heterocycles. The average Bonchev–Trinajstić information content (AvgIpc) is 2.17. The summed E-state index contributed by atoms with van der Waals surface area (Å²) in [5.74, 6) is -1.57. The molecular weight excluding hydrogens is 166 g/mol. The summed E-state index contributed by atoms with van der Waals surface area (Å²) < 4.78 is 0. The van der Waals surface area contributed by atoms with Crippen molar-refractivity contribution in [2.24, 2.45) is 11.7 Å². The Morgan fingerprint density at radius 2 is 1.77 bits per heavy atom. The molecule has 0 aliphatic rings. The smallest absolute Gasteiger partial charge is 0.228 e. The van der Waals surface area contributed by atoms with Crippen LogP contribution in [0.25, 0.3) is 0 Å². The summed E-state index contributed by atoms with van der Waals surface area (Å²) in [7, 11) is 0. The van der Waals surface area contributed by atoms with Gasteiger partial charge in [0.05, 0.1) is 5.92 Å². The molecule has 1 aromatic rings. The van der Waals surface area contributed by atoms with Crippen LogP contribution < -0.4 is 5.73 Å². The number of nitrogens with two attached hydrogens (primary N) is 1. The molecule has 1 atom stereocenters. The van der Waals surface area contributed by atoms with Crippen molar-refractivity contribution in [2.75, 3.05) is 0 Å². The van der Waals surface area contributed by atoms with Crippen LogP contribution in [0, 0.1) is 5.92 Å². The van der Waals surface area contributed by atoms with Crippen LogP contribution >= 0.6 is 0 Å². The number of primary amides is 1. The van der Waals surface area contributed by atoms with Gasteiger partial charge in [-0.25, -0.2) is 0 Å². The first-order valence-corrected chi connectivity index (χ1v) is 4.01. The summed E-state index contributed by atoms with van der Waals surface area (Å²) in [5, 5.41) is 0. The molecule has 68 valence electrons. The van der Waals surface area contributed by atoms with Gasteiger partial charge < -0.3 is 5.73 Å². The monoisotopic (exact) mass is 177 g/mol. The Morgan fingerprint density at radius 1 is 1.23 bits per heavy atom. The molecule has 0 aliphatic carbocycles. The molecule has 3 heteroatoms. The molecule has 13 heavy (non-hydrogen) atoms. The Bertz CT molecular complexity index is 319. The Morgan fingerprint density at radius 3 is 2.23 bits per heavy atom. The summed E-state index contributed by atoms with van der Waals surface area (Å²) in [5.41, 5.74) is 5.54. The fourth-order valence-electron chi connectivity index (χ4n) is 0.982. The molecule has 0 fully saturated rings. The zero-order valence-electron chi connectivity index (χ0n) is 7.36. The molecule has 0 bridgehead atoms. The highest BCUT2D eigenvalue weighted by molar-refractivity contribution is 6.09. The highest BCUT2D eigenvalue weighted by Crippen LogP contribution is 2.07. The van der Waals surface area contributed by atoms with Gasteiger partial charge in [0.25, 0.3) is 0 Å². The largest absolute Gasteiger partial charge is 0.369 e. The van der Waals surface area contributed by atoms with Gasteiger partial charge in [0.2, 0.25) is 5.91 Å². The maximum absolute atomic E-state index is 11.5. The molecule has 0 saturated carbocycles. The van der Waals surface area contributed by atoms with Crippen LogP contribution in [0.5, 0.6) is 0 Å². The van der Waals surface area contributed by atoms with Crippen molar-refractivity contribution in [2.45, 2.75) is 6.92 Å². The SMILES string of the molecule is C[C@@H](C(N)=O)C(=O)c1ccccc1. The quantitative estimate of drug-likeness (QED) is 0.553. The van der Waals surface area contributed by atoms with Crippen molar-refractivity contribution in [1.82, 2.24) is 0 Å². The summed E-state index contributed by atoms with van der Waals surface area (Å²) in [6, 6.07) is 8.65. The van der Waals surface area contributed by atoms with Crippen LogP contribution in [-0.4, -0.2) is 11.7 Å². The van der Waals surface area contributed by atoms with Gasteiger partial charge in [-0.1, -0.05) is 30.3 Å². The van der Waals surface area contributed by atoms with E-state index in [0.29, 0.717) is 5.56 Å². The third kappa shape index (κ3) is 2.15. The fourth-order valence-corrected chi connectivity index (χ4v) is 0.982. The second-order valence-corrected chi connectivity index (χ2v) is 2.85. The van der Waals surface area contributed by atoms with E-state index in [1.165, 1.54) is 6.92 Å². The van der Waals surface area contributed by atoms with E-state index in [0.717, 1.165) is 0 Å². The Hall–Kier alpha value is -1.64. The van der Waals surface area contributed by atoms with Crippen molar-refractivity contribution in [3.63, 3.8) is 0 Å². The van der Waals surface area contributed by atoms with Crippen LogP contribution in [0.4, 0.5) is 0 Å². The van der Waals surface area contributed by atoms with Gasteiger partial charge in [0.1, 0.15) is 0 Å². The van der Waals surface area contributed by atoms with E-state index in [4.69, 9.17) is 5.73 Å². The van der Waals surface area contributed by atoms with Crippen LogP contribution in [0.15, 0.2) is 30.3 Å². The average molecular weight is 177 g/mol. The number of benzene rings is 1. The topological polar surface area (TPSA) is 60.2 Å². The normalized spacial score (nSPS) is 12.1. The summed E-state index contributed by atoms with van der Waals surface area (Å²) in [6.07, 6.45) is 0. The first-order chi connectivity index (χ1) is 6.13. The van der Waals surface area contributed by atoms with Crippen molar-refractivity contribution in [3.8, 4) is 0 Å². The molecule has 0 unspecified atom stereocenters. The Labute approximate surface area is 76.6 Å². The highest BCUT2D eigenvalue weighted by atomic mass is 16.2. The van der Waals surface area contributed by atoms with Crippen LogP contribution in [-0.2, 0) is 4.79 Å². The molecule has 2 N–H and O–H groups in total. The van der Waals surface area contributed by atoms with Gasteiger partial charge in [0, 0.05) is 5.56 Å². The van der Waals surface area contributed by atoms with Crippen LogP contribution in [0.2, 0.25) is 0 Å². The number of carbonyl (C=O) groups is 2. The Kier molecular flexibility index (Phi) is 2.80.